The van der Waals surface area contributed by atoms with Gasteiger partial charge in [0.05, 0.1) is 22.8 Å². The van der Waals surface area contributed by atoms with Crippen LogP contribution in [0.2, 0.25) is 10.0 Å². The number of para-hydroxylation sites is 1. The van der Waals surface area contributed by atoms with Gasteiger partial charge in [0.1, 0.15) is 10.7 Å². The smallest absolute Gasteiger partial charge is 0.341 e. The van der Waals surface area contributed by atoms with Crippen molar-refractivity contribution < 1.29 is 28.7 Å². The molecule has 1 unspecified atom stereocenters. The molecule has 0 aliphatic carbocycles. The van der Waals surface area contributed by atoms with Gasteiger partial charge in [-0.1, -0.05) is 71.7 Å². The second-order valence-electron chi connectivity index (χ2n) is 11.3. The van der Waals surface area contributed by atoms with Crippen LogP contribution >= 0.6 is 46.3 Å². The normalized spacial score (nSPS) is 11.6. The van der Waals surface area contributed by atoms with Crippen LogP contribution in [-0.2, 0) is 14.3 Å². The number of nitrogens with one attached hydrogen (secondary N) is 4. The Kier molecular flexibility index (Phi) is 13.1. The minimum absolute atomic E-state index is 0.0710. The predicted octanol–water partition coefficient (Wildman–Crippen LogP) is 8.93. The molecular formula is C39H32Cl2N4O6S2. The molecule has 1 aromatic heterocycles. The highest BCUT2D eigenvalue weighted by Gasteiger charge is 2.28. The number of carbonyl (C=O) groups excluding carboxylic acids is 5. The molecule has 1 atom stereocenters. The summed E-state index contributed by atoms with van der Waals surface area (Å²) in [6, 6.07) is 28.9. The fourth-order valence-electron chi connectivity index (χ4n) is 4.91. The minimum Gasteiger partial charge on any atom is -0.465 e. The third kappa shape index (κ3) is 10.1. The molecule has 4 aromatic carbocycles. The van der Waals surface area contributed by atoms with Gasteiger partial charge >= 0.3 is 5.97 Å². The molecule has 4 amide bonds. The fourth-order valence-corrected chi connectivity index (χ4v) is 7.39. The largest absolute Gasteiger partial charge is 0.465 e. The lowest BCUT2D eigenvalue weighted by Crippen LogP contribution is -2.30. The summed E-state index contributed by atoms with van der Waals surface area (Å²) in [7, 11) is 1.22. The summed E-state index contributed by atoms with van der Waals surface area (Å²) >= 11 is 14.6. The number of thiophene rings is 1. The van der Waals surface area contributed by atoms with Crippen LogP contribution < -0.4 is 21.3 Å². The Balaban J connectivity index is 1.31. The van der Waals surface area contributed by atoms with E-state index >= 15 is 0 Å². The third-order valence-electron chi connectivity index (χ3n) is 7.58. The quantitative estimate of drug-likeness (QED) is 0.0562. The van der Waals surface area contributed by atoms with Gasteiger partial charge in [0, 0.05) is 31.9 Å². The van der Waals surface area contributed by atoms with Crippen molar-refractivity contribution >= 4 is 98.4 Å². The Bertz CT molecular complexity index is 2210. The van der Waals surface area contributed by atoms with Gasteiger partial charge < -0.3 is 26.0 Å². The van der Waals surface area contributed by atoms with E-state index in [1.807, 2.05) is 6.07 Å². The van der Waals surface area contributed by atoms with E-state index in [2.05, 4.69) is 21.3 Å². The van der Waals surface area contributed by atoms with Gasteiger partial charge in [-0.15, -0.1) is 23.1 Å². The maximum absolute atomic E-state index is 13.6. The van der Waals surface area contributed by atoms with E-state index in [1.54, 1.807) is 105 Å². The van der Waals surface area contributed by atoms with Crippen molar-refractivity contribution in [1.82, 2.24) is 5.32 Å². The summed E-state index contributed by atoms with van der Waals surface area (Å²) in [4.78, 5) is 66.9. The molecule has 0 aliphatic heterocycles. The molecule has 1 heterocycles. The number of esters is 1. The maximum Gasteiger partial charge on any atom is 0.341 e. The number of hydrogen-bond acceptors (Lipinski definition) is 8. The maximum atomic E-state index is 13.6. The average molecular weight is 788 g/mol. The van der Waals surface area contributed by atoms with E-state index in [0.29, 0.717) is 38.0 Å². The summed E-state index contributed by atoms with van der Waals surface area (Å²) in [5, 5.41) is 11.3. The van der Waals surface area contributed by atoms with Gasteiger partial charge in [-0.2, -0.15) is 0 Å². The fraction of sp³-hybridized carbons (Fsp3) is 0.103. The topological polar surface area (TPSA) is 143 Å². The number of halogens is 2. The molecule has 5 rings (SSSR count). The molecule has 0 radical (unpaired) electrons. The van der Waals surface area contributed by atoms with E-state index < -0.39 is 34.8 Å². The van der Waals surface area contributed by atoms with Gasteiger partial charge in [0.15, 0.2) is 0 Å². The van der Waals surface area contributed by atoms with Crippen molar-refractivity contribution in [2.45, 2.75) is 24.0 Å². The molecule has 4 N–H and O–H groups in total. The first-order chi connectivity index (χ1) is 25.4. The van der Waals surface area contributed by atoms with Gasteiger partial charge in [0.25, 0.3) is 17.7 Å². The number of benzene rings is 4. The van der Waals surface area contributed by atoms with Crippen molar-refractivity contribution in [3.8, 4) is 0 Å². The van der Waals surface area contributed by atoms with Crippen LogP contribution in [0.3, 0.4) is 0 Å². The zero-order chi connectivity index (χ0) is 38.1. The van der Waals surface area contributed by atoms with Crippen LogP contribution in [0.4, 0.5) is 16.4 Å². The van der Waals surface area contributed by atoms with Crippen molar-refractivity contribution in [3.63, 3.8) is 0 Å². The lowest BCUT2D eigenvalue weighted by Gasteiger charge is -2.14. The Morgan fingerprint density at radius 2 is 1.47 bits per heavy atom. The molecule has 10 nitrogen and oxygen atoms in total. The first kappa shape index (κ1) is 38.8. The zero-order valence-electron chi connectivity index (χ0n) is 28.5. The highest BCUT2D eigenvalue weighted by atomic mass is 35.5. The zero-order valence-corrected chi connectivity index (χ0v) is 31.6. The average Bonchev–Trinajstić information content (AvgIpc) is 3.47. The van der Waals surface area contributed by atoms with E-state index in [0.717, 1.165) is 11.3 Å². The van der Waals surface area contributed by atoms with Crippen molar-refractivity contribution in [3.05, 3.63) is 146 Å². The Labute approximate surface area is 323 Å². The number of amides is 4. The lowest BCUT2D eigenvalue weighted by molar-refractivity contribution is -0.115. The van der Waals surface area contributed by atoms with Crippen molar-refractivity contribution in [2.24, 2.45) is 0 Å². The molecule has 0 fully saturated rings. The molecule has 53 heavy (non-hydrogen) atoms. The molecule has 0 saturated carbocycles. The van der Waals surface area contributed by atoms with Gasteiger partial charge in [-0.3, -0.25) is 19.2 Å². The number of ether oxygens (including phenoxy) is 1. The van der Waals surface area contributed by atoms with Crippen LogP contribution in [0.15, 0.2) is 114 Å². The first-order valence-corrected chi connectivity index (χ1v) is 18.4. The second-order valence-corrected chi connectivity index (χ2v) is 14.6. The summed E-state index contributed by atoms with van der Waals surface area (Å²) in [6.45, 7) is 3.30. The number of carbonyl (C=O) groups is 5. The predicted molar refractivity (Wildman–Crippen MR) is 212 cm³/mol. The second kappa shape index (κ2) is 17.9. The Morgan fingerprint density at radius 3 is 2.15 bits per heavy atom. The molecule has 270 valence electrons. The molecule has 14 heteroatoms. The van der Waals surface area contributed by atoms with Crippen LogP contribution in [-0.4, -0.2) is 42.0 Å². The standard InChI is InChI=1S/C39H32Cl2N4O6S2/c1-22-32(39(50)51-3)38(53-33(22)37(49)42-27-13-8-5-9-14-27)45-34(46)23(2)52-29-16-10-15-28(21-29)43-36(48)31(19-25-17-18-26(40)20-30(25)41)44-35(47)24-11-6-4-7-12-24/h4-21,23H,1-3H3,(H,42,49)(H,43,48)(H,44,47)(H,45,46)/b31-19+. The summed E-state index contributed by atoms with van der Waals surface area (Å²) < 4.78 is 4.96. The van der Waals surface area contributed by atoms with Crippen molar-refractivity contribution in [2.75, 3.05) is 23.1 Å². The summed E-state index contributed by atoms with van der Waals surface area (Å²) in [6.07, 6.45) is 1.45. The van der Waals surface area contributed by atoms with Gasteiger partial charge in [-0.05, 0) is 85.6 Å². The third-order valence-corrected chi connectivity index (χ3v) is 10.4. The van der Waals surface area contributed by atoms with Crippen LogP contribution in [0.5, 0.6) is 0 Å². The number of hydrogen-bond donors (Lipinski definition) is 4. The van der Waals surface area contributed by atoms with Crippen LogP contribution in [0, 0.1) is 6.92 Å². The van der Waals surface area contributed by atoms with Crippen molar-refractivity contribution in [1.29, 1.82) is 0 Å². The highest BCUT2D eigenvalue weighted by Crippen LogP contribution is 2.35. The SMILES string of the molecule is COC(=O)c1c(NC(=O)C(C)Sc2cccc(NC(=O)/C(=C\c3ccc(Cl)cc3Cl)NC(=O)c3ccccc3)c2)sc(C(=O)Nc2ccccc2)c1C. The lowest BCUT2D eigenvalue weighted by atomic mass is 10.1. The molecule has 0 aliphatic rings. The molecular weight excluding hydrogens is 755 g/mol. The molecule has 0 bridgehead atoms. The first-order valence-electron chi connectivity index (χ1n) is 15.9. The van der Waals surface area contributed by atoms with E-state index in [1.165, 1.54) is 31.0 Å². The number of thioether (sulfide) groups is 1. The minimum atomic E-state index is -0.691. The number of rotatable bonds is 12. The number of methoxy groups -OCH3 is 1. The van der Waals surface area contributed by atoms with E-state index in [4.69, 9.17) is 27.9 Å². The highest BCUT2D eigenvalue weighted by molar-refractivity contribution is 8.00. The monoisotopic (exact) mass is 786 g/mol. The summed E-state index contributed by atoms with van der Waals surface area (Å²) in [5.74, 6) is -2.67. The van der Waals surface area contributed by atoms with Crippen LogP contribution in [0.25, 0.3) is 6.08 Å². The number of anilines is 3. The molecule has 0 spiro atoms. The van der Waals surface area contributed by atoms with E-state index in [-0.39, 0.29) is 26.2 Å². The molecule has 5 aromatic rings. The van der Waals surface area contributed by atoms with Gasteiger partial charge in [0.2, 0.25) is 5.91 Å². The molecule has 0 saturated heterocycles. The summed E-state index contributed by atoms with van der Waals surface area (Å²) in [5.41, 5.74) is 2.18. The van der Waals surface area contributed by atoms with Crippen LogP contribution in [0.1, 0.15) is 48.4 Å². The Hall–Kier alpha value is -5.40. The van der Waals surface area contributed by atoms with E-state index in [9.17, 15) is 24.0 Å². The Morgan fingerprint density at radius 1 is 0.792 bits per heavy atom. The van der Waals surface area contributed by atoms with Gasteiger partial charge in [-0.25, -0.2) is 4.79 Å².